The predicted molar refractivity (Wildman–Crippen MR) is 111 cm³/mol. The summed E-state index contributed by atoms with van der Waals surface area (Å²) in [5, 5.41) is 3.91. The number of carbonyl (C=O) groups excluding carboxylic acids is 2. The molecule has 7 heteroatoms. The second-order valence-electron chi connectivity index (χ2n) is 7.43. The van der Waals surface area contributed by atoms with Crippen LogP contribution in [0.1, 0.15) is 29.5 Å². The van der Waals surface area contributed by atoms with E-state index in [9.17, 15) is 9.59 Å². The molecule has 7 nitrogen and oxygen atoms in total. The van der Waals surface area contributed by atoms with Gasteiger partial charge in [-0.15, -0.1) is 0 Å². The van der Waals surface area contributed by atoms with E-state index in [0.29, 0.717) is 28.4 Å². The number of furan rings is 1. The summed E-state index contributed by atoms with van der Waals surface area (Å²) in [5.74, 6) is 1.02. The Labute approximate surface area is 169 Å². The van der Waals surface area contributed by atoms with E-state index < -0.39 is 0 Å². The van der Waals surface area contributed by atoms with Crippen LogP contribution in [0.15, 0.2) is 51.5 Å². The van der Waals surface area contributed by atoms with Gasteiger partial charge in [0.1, 0.15) is 11.5 Å². The number of nitrogens with zero attached hydrogens (tertiary/aromatic N) is 3. The van der Waals surface area contributed by atoms with Crippen LogP contribution in [0.5, 0.6) is 0 Å². The smallest absolute Gasteiger partial charge is 0.273 e. The number of benzene rings is 1. The van der Waals surface area contributed by atoms with Gasteiger partial charge >= 0.3 is 0 Å². The molecule has 2 aromatic rings. The summed E-state index contributed by atoms with van der Waals surface area (Å²) < 4.78 is 5.90. The van der Waals surface area contributed by atoms with Crippen molar-refractivity contribution in [1.29, 1.82) is 0 Å². The number of hydrogen-bond donors (Lipinski definition) is 1. The summed E-state index contributed by atoms with van der Waals surface area (Å²) in [4.78, 5) is 28.9. The van der Waals surface area contributed by atoms with Gasteiger partial charge in [-0.05, 0) is 57.3 Å². The lowest BCUT2D eigenvalue weighted by Crippen LogP contribution is -2.34. The van der Waals surface area contributed by atoms with Crippen LogP contribution >= 0.6 is 0 Å². The molecule has 2 amide bonds. The predicted octanol–water partition coefficient (Wildman–Crippen LogP) is 2.61. The second-order valence-corrected chi connectivity index (χ2v) is 7.43. The number of nitrogens with one attached hydrogen (secondary N) is 1. The van der Waals surface area contributed by atoms with Crippen LogP contribution in [0, 0.1) is 0 Å². The third-order valence-corrected chi connectivity index (χ3v) is 5.27. The molecule has 0 aliphatic carbocycles. The van der Waals surface area contributed by atoms with Crippen molar-refractivity contribution in [1.82, 2.24) is 15.2 Å². The van der Waals surface area contributed by atoms with Crippen molar-refractivity contribution in [3.8, 4) is 11.3 Å². The van der Waals surface area contributed by atoms with E-state index >= 15 is 0 Å². The molecule has 29 heavy (non-hydrogen) atoms. The molecule has 2 aliphatic rings. The first kappa shape index (κ1) is 19.1. The van der Waals surface area contributed by atoms with E-state index in [1.165, 1.54) is 0 Å². The highest BCUT2D eigenvalue weighted by atomic mass is 16.3. The first-order chi connectivity index (χ1) is 14.0. The summed E-state index contributed by atoms with van der Waals surface area (Å²) in [5.41, 5.74) is 5.03. The van der Waals surface area contributed by atoms with Gasteiger partial charge < -0.3 is 14.2 Å². The standard InChI is InChI=1S/C22H24N4O3/c1-15-19(21(27)24-23-15)14-18-7-8-20(29-18)16-5-3-6-17(13-16)22(28)26-10-4-9-25(2)11-12-26/h3,5-8,13-14H,4,9-12H2,1-2H3,(H,24,27). The van der Waals surface area contributed by atoms with Crippen LogP contribution in [0.25, 0.3) is 17.4 Å². The summed E-state index contributed by atoms with van der Waals surface area (Å²) >= 11 is 0. The summed E-state index contributed by atoms with van der Waals surface area (Å²) in [6.45, 7) is 5.17. The number of likely N-dealkylation sites (N-methyl/N-ethyl adjacent to an activating group) is 1. The Bertz CT molecular complexity index is 1000. The van der Waals surface area contributed by atoms with Crippen molar-refractivity contribution < 1.29 is 14.0 Å². The first-order valence-electron chi connectivity index (χ1n) is 9.76. The van der Waals surface area contributed by atoms with Gasteiger partial charge in [0, 0.05) is 30.8 Å². The van der Waals surface area contributed by atoms with Crippen molar-refractivity contribution in [3.63, 3.8) is 0 Å². The Balaban J connectivity index is 1.54. The van der Waals surface area contributed by atoms with Crippen molar-refractivity contribution in [2.24, 2.45) is 5.10 Å². The summed E-state index contributed by atoms with van der Waals surface area (Å²) in [6, 6.07) is 11.1. The van der Waals surface area contributed by atoms with E-state index in [1.807, 2.05) is 35.2 Å². The molecule has 4 rings (SSSR count). The topological polar surface area (TPSA) is 78.2 Å². The highest BCUT2D eigenvalue weighted by molar-refractivity contribution is 6.26. The molecule has 0 saturated carbocycles. The van der Waals surface area contributed by atoms with Gasteiger partial charge in [0.05, 0.1) is 11.3 Å². The maximum Gasteiger partial charge on any atom is 0.273 e. The Morgan fingerprint density at radius 2 is 2.03 bits per heavy atom. The molecule has 0 spiro atoms. The molecule has 3 heterocycles. The Kier molecular flexibility index (Phi) is 5.31. The normalized spacial score (nSPS) is 19.2. The lowest BCUT2D eigenvalue weighted by Gasteiger charge is -2.20. The quantitative estimate of drug-likeness (QED) is 0.815. The van der Waals surface area contributed by atoms with Crippen molar-refractivity contribution >= 4 is 23.6 Å². The minimum atomic E-state index is -0.240. The molecule has 1 aromatic heterocycles. The zero-order valence-corrected chi connectivity index (χ0v) is 16.6. The molecule has 1 fully saturated rings. The maximum absolute atomic E-state index is 13.0. The zero-order chi connectivity index (χ0) is 20.4. The third-order valence-electron chi connectivity index (χ3n) is 5.27. The monoisotopic (exact) mass is 392 g/mol. The molecule has 0 bridgehead atoms. The molecule has 0 unspecified atom stereocenters. The van der Waals surface area contributed by atoms with Crippen molar-refractivity contribution in [3.05, 3.63) is 53.3 Å². The fourth-order valence-electron chi connectivity index (χ4n) is 3.55. The van der Waals surface area contributed by atoms with E-state index in [-0.39, 0.29) is 11.8 Å². The highest BCUT2D eigenvalue weighted by Gasteiger charge is 2.21. The van der Waals surface area contributed by atoms with E-state index in [1.54, 1.807) is 19.1 Å². The molecule has 150 valence electrons. The molecular formula is C22H24N4O3. The van der Waals surface area contributed by atoms with Crippen LogP contribution in [0.3, 0.4) is 0 Å². The third kappa shape index (κ3) is 4.14. The van der Waals surface area contributed by atoms with Gasteiger partial charge in [-0.25, -0.2) is 5.43 Å². The van der Waals surface area contributed by atoms with Crippen LogP contribution in [-0.4, -0.2) is 60.6 Å². The average molecular weight is 392 g/mol. The molecule has 0 atom stereocenters. The first-order valence-corrected chi connectivity index (χ1v) is 9.76. The van der Waals surface area contributed by atoms with Gasteiger partial charge in [0.25, 0.3) is 11.8 Å². The van der Waals surface area contributed by atoms with Gasteiger partial charge in [-0.3, -0.25) is 9.59 Å². The number of rotatable bonds is 3. The SMILES string of the molecule is CC1=NNC(=O)C1=Cc1ccc(-c2cccc(C(=O)N3CCCN(C)CC3)c2)o1. The molecule has 1 saturated heterocycles. The Morgan fingerprint density at radius 3 is 2.83 bits per heavy atom. The van der Waals surface area contributed by atoms with Crippen molar-refractivity contribution in [2.45, 2.75) is 13.3 Å². The van der Waals surface area contributed by atoms with Gasteiger partial charge in [-0.1, -0.05) is 12.1 Å². The molecule has 0 radical (unpaired) electrons. The Hall–Kier alpha value is -3.19. The highest BCUT2D eigenvalue weighted by Crippen LogP contribution is 2.25. The van der Waals surface area contributed by atoms with Crippen LogP contribution in [0.2, 0.25) is 0 Å². The number of amides is 2. The largest absolute Gasteiger partial charge is 0.457 e. The van der Waals surface area contributed by atoms with Gasteiger partial charge in [0.15, 0.2) is 0 Å². The molecule has 2 aliphatic heterocycles. The van der Waals surface area contributed by atoms with Crippen LogP contribution in [0.4, 0.5) is 0 Å². The average Bonchev–Trinajstić information content (AvgIpc) is 3.25. The maximum atomic E-state index is 13.0. The van der Waals surface area contributed by atoms with Gasteiger partial charge in [0.2, 0.25) is 0 Å². The van der Waals surface area contributed by atoms with E-state index in [0.717, 1.165) is 38.2 Å². The minimum absolute atomic E-state index is 0.0468. The fourth-order valence-corrected chi connectivity index (χ4v) is 3.55. The fraction of sp³-hybridized carbons (Fsp3) is 0.318. The van der Waals surface area contributed by atoms with Crippen LogP contribution in [-0.2, 0) is 4.79 Å². The minimum Gasteiger partial charge on any atom is -0.457 e. The lowest BCUT2D eigenvalue weighted by atomic mass is 10.1. The molecule has 1 N–H and O–H groups in total. The number of hydrazone groups is 1. The van der Waals surface area contributed by atoms with Gasteiger partial charge in [-0.2, -0.15) is 5.10 Å². The zero-order valence-electron chi connectivity index (χ0n) is 16.6. The summed E-state index contributed by atoms with van der Waals surface area (Å²) in [6.07, 6.45) is 2.65. The van der Waals surface area contributed by atoms with E-state index in [4.69, 9.17) is 4.42 Å². The lowest BCUT2D eigenvalue weighted by molar-refractivity contribution is -0.116. The second kappa shape index (κ2) is 8.05. The van der Waals surface area contributed by atoms with Crippen molar-refractivity contribution in [2.75, 3.05) is 33.2 Å². The van der Waals surface area contributed by atoms with Crippen LogP contribution < -0.4 is 5.43 Å². The Morgan fingerprint density at radius 1 is 1.17 bits per heavy atom. The number of hydrogen-bond acceptors (Lipinski definition) is 5. The molecule has 1 aromatic carbocycles. The number of carbonyl (C=O) groups is 2. The summed E-state index contributed by atoms with van der Waals surface area (Å²) in [7, 11) is 2.08. The molecular weight excluding hydrogens is 368 g/mol. The van der Waals surface area contributed by atoms with E-state index in [2.05, 4.69) is 22.5 Å².